The summed E-state index contributed by atoms with van der Waals surface area (Å²) in [6.45, 7) is 25.1. The fourth-order valence-electron chi connectivity index (χ4n) is 11.5. The van der Waals surface area contributed by atoms with Gasteiger partial charge < -0.3 is 24.3 Å². The van der Waals surface area contributed by atoms with Crippen LogP contribution in [0.3, 0.4) is 0 Å². The molecule has 26 nitrogen and oxygen atoms in total. The van der Waals surface area contributed by atoms with Crippen LogP contribution in [0, 0.1) is 0 Å². The van der Waals surface area contributed by atoms with Crippen LogP contribution in [-0.4, -0.2) is 94.3 Å². The molecule has 654 valence electrons. The number of methoxy groups -OCH3 is 1. The van der Waals surface area contributed by atoms with Gasteiger partial charge in [-0.2, -0.15) is 15.3 Å². The maximum atomic E-state index is 5.11. The van der Waals surface area contributed by atoms with Crippen LogP contribution in [-0.2, 0) is 257 Å². The van der Waals surface area contributed by atoms with Crippen LogP contribution in [0.2, 0.25) is 0 Å². The number of aryl methyl sites for hydroxylation is 9. The quantitative estimate of drug-likeness (QED) is 0.0153. The Hall–Kier alpha value is -6.77. The number of unbranched alkanes of at least 4 members (excludes halogenated alkanes) is 3. The van der Waals surface area contributed by atoms with Crippen LogP contribution in [0.4, 0.5) is 74.7 Å². The normalized spacial score (nSPS) is 10.5. The van der Waals surface area contributed by atoms with Crippen molar-refractivity contribution in [3.8, 4) is 5.75 Å². The fraction of sp³-hybridized carbons (Fsp3) is 0.337. The summed E-state index contributed by atoms with van der Waals surface area (Å²) in [7, 11) is 19.7. The van der Waals surface area contributed by atoms with Crippen molar-refractivity contribution in [2.45, 2.75) is 127 Å². The first kappa shape index (κ1) is 118. The van der Waals surface area contributed by atoms with Crippen LogP contribution in [0.15, 0.2) is 308 Å². The van der Waals surface area contributed by atoms with E-state index in [0.29, 0.717) is 0 Å². The molecule has 0 aliphatic heterocycles. The van der Waals surface area contributed by atoms with Gasteiger partial charge in [0.15, 0.2) is 37.2 Å². The maximum absolute atomic E-state index is 5.11. The Balaban J connectivity index is 0.000000755. The average Bonchev–Trinajstić information content (AvgIpc) is 1.75. The predicted octanol–water partition coefficient (Wildman–Crippen LogP) is 18.8. The molecule has 0 saturated carbocycles. The zero-order chi connectivity index (χ0) is 86.9. The van der Waals surface area contributed by atoms with Gasteiger partial charge in [0.05, 0.1) is 127 Å². The van der Waals surface area contributed by atoms with Crippen LogP contribution < -0.4 is 68.0 Å². The number of hydrogen-bond donors (Lipinski definition) is 3. The summed E-state index contributed by atoms with van der Waals surface area (Å²) in [5.41, 5.74) is 22.4. The molecule has 0 atom stereocenters. The number of nitrogens with zero attached hydrogens (tertiary/aromatic N) is 22. The molecular formula is C95H131N25OY6+6. The molecule has 0 fully saturated rings. The van der Waals surface area contributed by atoms with Crippen molar-refractivity contribution in [2.24, 2.45) is 74.2 Å². The van der Waals surface area contributed by atoms with Gasteiger partial charge in [-0.3, -0.25) is 16.3 Å². The van der Waals surface area contributed by atoms with Crippen LogP contribution in [0.1, 0.15) is 111 Å². The number of hydrazone groups is 3. The molecule has 12 aromatic rings. The molecule has 0 amide bonds. The monoisotopic (exact) mass is 2170 g/mol. The minimum absolute atomic E-state index is 0. The second-order valence-electron chi connectivity index (χ2n) is 28.8. The molecule has 12 rings (SSSR count). The summed E-state index contributed by atoms with van der Waals surface area (Å²) < 4.78 is 23.6. The Morgan fingerprint density at radius 1 is 0.378 bits per heavy atom. The average molecular weight is 2170 g/mol. The Bertz CT molecular complexity index is 5060. The zero-order valence-corrected chi connectivity index (χ0v) is 95.2. The van der Waals surface area contributed by atoms with Crippen molar-refractivity contribution in [3.05, 3.63) is 279 Å². The summed E-state index contributed by atoms with van der Waals surface area (Å²) in [4.78, 5) is 8.58. The molecule has 0 aliphatic carbocycles. The molecular weight excluding hydrogens is 2040 g/mol. The van der Waals surface area contributed by atoms with Gasteiger partial charge in [0.2, 0.25) is 0 Å². The van der Waals surface area contributed by atoms with Gasteiger partial charge in [0.25, 0.3) is 0 Å². The van der Waals surface area contributed by atoms with Gasteiger partial charge in [0.1, 0.15) is 42.4 Å². The number of rotatable bonds is 34. The first-order valence-corrected chi connectivity index (χ1v) is 41.9. The number of imidazole rings is 3. The Kier molecular flexibility index (Phi) is 63.6. The van der Waals surface area contributed by atoms with Crippen LogP contribution in [0.5, 0.6) is 5.75 Å². The Labute approximate surface area is 907 Å². The number of pyridine rings is 3. The molecule has 6 aromatic carbocycles. The minimum Gasteiger partial charge on any atom is -0.497 e. The van der Waals surface area contributed by atoms with Gasteiger partial charge in [-0.15, -0.1) is 0 Å². The molecule has 0 saturated heterocycles. The van der Waals surface area contributed by atoms with Crippen molar-refractivity contribution in [2.75, 3.05) is 97.9 Å². The van der Waals surface area contributed by atoms with Gasteiger partial charge in [-0.05, 0) is 144 Å². The van der Waals surface area contributed by atoms with E-state index in [-0.39, 0.29) is 196 Å². The van der Waals surface area contributed by atoms with E-state index in [9.17, 15) is 0 Å². The van der Waals surface area contributed by atoms with Gasteiger partial charge in [0, 0.05) is 356 Å². The summed E-state index contributed by atoms with van der Waals surface area (Å²) in [6.07, 6.45) is 37.2. The molecule has 3 N–H and O–H groups in total. The Morgan fingerprint density at radius 3 is 1.13 bits per heavy atom. The predicted molar refractivity (Wildman–Crippen MR) is 496 cm³/mol. The van der Waals surface area contributed by atoms with Gasteiger partial charge >= 0.3 is 17.8 Å². The van der Waals surface area contributed by atoms with E-state index in [0.717, 1.165) is 144 Å². The second-order valence-corrected chi connectivity index (χ2v) is 28.8. The number of ether oxygens (including phenoxy) is 1. The molecule has 0 bridgehead atoms. The van der Waals surface area contributed by atoms with Crippen molar-refractivity contribution in [1.29, 1.82) is 0 Å². The molecule has 0 unspecified atom stereocenters. The van der Waals surface area contributed by atoms with E-state index >= 15 is 0 Å². The summed E-state index contributed by atoms with van der Waals surface area (Å²) in [6, 6.07) is 62.5. The minimum atomic E-state index is 0. The zero-order valence-electron chi connectivity index (χ0n) is 78.2. The largest absolute Gasteiger partial charge is 0.497 e. The van der Waals surface area contributed by atoms with Crippen LogP contribution >= 0.6 is 0 Å². The van der Waals surface area contributed by atoms with Crippen LogP contribution in [0.25, 0.3) is 0 Å². The van der Waals surface area contributed by atoms with E-state index in [1.54, 1.807) is 7.11 Å². The SMILES string of the molecule is CCCC[n+]1ccc(/C=N/Nc2ccc(N(C)C)cc2)cc1.CCCC[n+]1ccc(/C=N/Nc2ccc(OC)cc2)cc1.CCCC[n+]1ccc(/C=N/Nc2ccccc2)cc1.CCN(C)c1cccc(N=Nc2n(C)cc[n+]2C)c1.CCN(C)c1cccc(N=Nc2n(CC)cc[n+]2CC)c1.CCN(C)c1ccccc1N=Nc1n(C)cc[n+]1C.[Y].[Y].[Y].[Y].[Y].[Y]. The number of azo groups is 3. The van der Waals surface area contributed by atoms with E-state index in [2.05, 4.69) is 291 Å². The van der Waals surface area contributed by atoms with Crippen molar-refractivity contribution in [3.63, 3.8) is 0 Å². The number of para-hydroxylation sites is 2. The molecule has 6 heterocycles. The molecule has 0 spiro atoms. The van der Waals surface area contributed by atoms with Crippen molar-refractivity contribution in [1.82, 2.24) is 13.7 Å². The molecule has 6 aromatic heterocycles. The van der Waals surface area contributed by atoms with Gasteiger partial charge in [-0.25, -0.2) is 41.1 Å². The second kappa shape index (κ2) is 68.3. The standard InChI is InChI=1S/C18H24N4.C17H21N3O.C16H24N5.C16H19N3.2C14H20N5.6Y/c1-4-5-12-22-13-10-16(11-14-22)15-19-20-17-6-8-18(9-7-17)21(2)3;1-3-4-11-20-12-9-15(10-13-20)14-18-19-16-5-7-17(21-2)8-6-16;1-5-19(4)15-10-8-9-14(13-15)17-18-16-20(6-2)11-12-21(16)7-3;1-2-3-11-19-12-9-15(10-13-19)14-17-18-16-7-5-4-6-8-16;1-5-17(2)13-8-6-7-12(11-13)15-16-14-18(3)9-10-19(14)4;1-5-17(2)13-9-7-6-8-12(13)15-16-14-18(3)10-11-19(14)4;;;;;;/h6-11,13-15H,4-5,12H2,1-3H3;5-10,12-14H,3-4,11H2,1-2H3;8-13H,5-7H2,1-4H3;4-10,12-14H,2-3,11H2,1H3;2*6-11H,5H2,1-4H3;;;;;;/q;;+1;;2*+1;;;;;;/p+3. The molecule has 0 aliphatic rings. The molecule has 6 radical (unpaired) electrons. The van der Waals surface area contributed by atoms with E-state index in [4.69, 9.17) is 4.74 Å². The molecule has 127 heavy (non-hydrogen) atoms. The summed E-state index contributed by atoms with van der Waals surface area (Å²) >= 11 is 0. The number of nitrogens with one attached hydrogen (secondary N) is 3. The number of benzene rings is 6. The maximum Gasteiger partial charge on any atom is 0.421 e. The third kappa shape index (κ3) is 43.4. The third-order valence-electron chi connectivity index (χ3n) is 19.5. The first-order valence-electron chi connectivity index (χ1n) is 41.9. The third-order valence-corrected chi connectivity index (χ3v) is 19.5. The van der Waals surface area contributed by atoms with E-state index in [1.807, 2.05) is 232 Å². The topological polar surface area (TPSA) is 208 Å². The summed E-state index contributed by atoms with van der Waals surface area (Å²) in [5, 5.41) is 38.9. The smallest absolute Gasteiger partial charge is 0.421 e. The fourth-order valence-corrected chi connectivity index (χ4v) is 11.5. The van der Waals surface area contributed by atoms with E-state index in [1.165, 1.54) is 44.2 Å². The van der Waals surface area contributed by atoms with Gasteiger partial charge in [-0.1, -0.05) is 97.8 Å². The Morgan fingerprint density at radius 2 is 0.764 bits per heavy atom. The number of anilines is 7. The number of aromatic nitrogens is 9. The van der Waals surface area contributed by atoms with Crippen molar-refractivity contribution >= 4 is 93.4 Å². The van der Waals surface area contributed by atoms with Crippen molar-refractivity contribution < 1.29 is 228 Å². The number of hydrogen-bond acceptors (Lipinski definition) is 17. The summed E-state index contributed by atoms with van der Waals surface area (Å²) in [5.74, 6) is 3.35. The molecule has 32 heteroatoms. The van der Waals surface area contributed by atoms with E-state index < -0.39 is 0 Å². The first-order chi connectivity index (χ1) is 58.8.